The van der Waals surface area contributed by atoms with E-state index in [1.165, 1.54) is 17.0 Å². The van der Waals surface area contributed by atoms with Crippen molar-refractivity contribution in [2.24, 2.45) is 0 Å². The molecule has 0 unspecified atom stereocenters. The molecule has 102 valence electrons. The van der Waals surface area contributed by atoms with Gasteiger partial charge in [-0.15, -0.1) is 0 Å². The molecule has 0 aromatic carbocycles. The zero-order chi connectivity index (χ0) is 13.8. The fourth-order valence-corrected chi connectivity index (χ4v) is 1.92. The van der Waals surface area contributed by atoms with Gasteiger partial charge in [-0.1, -0.05) is 19.8 Å². The van der Waals surface area contributed by atoms with E-state index in [0.717, 1.165) is 19.3 Å². The molecular weight excluding hydrogens is 250 g/mol. The lowest BCUT2D eigenvalue weighted by atomic mass is 10.2. The largest absolute Gasteiger partial charge is 0.477 e. The summed E-state index contributed by atoms with van der Waals surface area (Å²) in [6.45, 7) is 2.54. The summed E-state index contributed by atoms with van der Waals surface area (Å²) in [6, 6.07) is 2.76. The van der Waals surface area contributed by atoms with Crippen molar-refractivity contribution in [1.29, 1.82) is 0 Å². The lowest BCUT2D eigenvalue weighted by Crippen LogP contribution is -2.40. The molecule has 0 atom stereocenters. The number of pyridine rings is 1. The van der Waals surface area contributed by atoms with Crippen LogP contribution < -0.4 is 9.64 Å². The van der Waals surface area contributed by atoms with Crippen LogP contribution in [0.1, 0.15) is 26.2 Å². The van der Waals surface area contributed by atoms with Crippen molar-refractivity contribution in [3.05, 3.63) is 22.2 Å². The first-order valence-electron chi connectivity index (χ1n) is 6.22. The number of hydrogen-bond donors (Lipinski definition) is 0. The van der Waals surface area contributed by atoms with Crippen LogP contribution in [0.2, 0.25) is 0 Å². The van der Waals surface area contributed by atoms with Gasteiger partial charge >= 0.3 is 5.82 Å². The Morgan fingerprint density at radius 2 is 2.26 bits per heavy atom. The van der Waals surface area contributed by atoms with Gasteiger partial charge in [0, 0.05) is 12.6 Å². The molecule has 0 fully saturated rings. The predicted octanol–water partition coefficient (Wildman–Crippen LogP) is 1.91. The van der Waals surface area contributed by atoms with Crippen LogP contribution >= 0.6 is 0 Å². The molecular formula is C12H15N3O4. The lowest BCUT2D eigenvalue weighted by Gasteiger charge is -2.25. The first-order chi connectivity index (χ1) is 9.13. The highest BCUT2D eigenvalue weighted by Gasteiger charge is 2.31. The van der Waals surface area contributed by atoms with Crippen molar-refractivity contribution in [2.75, 3.05) is 18.1 Å². The Labute approximate surface area is 110 Å². The molecule has 7 heteroatoms. The number of aromatic nitrogens is 1. The first-order valence-corrected chi connectivity index (χ1v) is 6.22. The van der Waals surface area contributed by atoms with E-state index in [-0.39, 0.29) is 24.1 Å². The molecule has 0 N–H and O–H groups in total. The van der Waals surface area contributed by atoms with Crippen LogP contribution in [0, 0.1) is 10.1 Å². The number of nitrogens with zero attached hydrogens (tertiary/aromatic N) is 3. The second kappa shape index (κ2) is 5.64. The maximum absolute atomic E-state index is 11.8. The minimum absolute atomic E-state index is 0.0430. The topological polar surface area (TPSA) is 85.6 Å². The smallest absolute Gasteiger partial charge is 0.366 e. The van der Waals surface area contributed by atoms with Gasteiger partial charge in [-0.3, -0.25) is 9.69 Å². The molecule has 0 saturated carbocycles. The number of unbranched alkanes of at least 4 members (excludes halogenated alkanes) is 2. The van der Waals surface area contributed by atoms with Crippen LogP contribution in [0.3, 0.4) is 0 Å². The maximum Gasteiger partial charge on any atom is 0.366 e. The van der Waals surface area contributed by atoms with E-state index < -0.39 is 4.92 Å². The highest BCUT2D eigenvalue weighted by Crippen LogP contribution is 2.32. The van der Waals surface area contributed by atoms with E-state index in [0.29, 0.717) is 12.3 Å². The number of fused-ring (bicyclic) bond motifs is 1. The third-order valence-corrected chi connectivity index (χ3v) is 2.90. The Morgan fingerprint density at radius 3 is 2.95 bits per heavy atom. The van der Waals surface area contributed by atoms with Gasteiger partial charge in [0.05, 0.1) is 0 Å². The summed E-state index contributed by atoms with van der Waals surface area (Å²) in [4.78, 5) is 27.4. The van der Waals surface area contributed by atoms with Crippen molar-refractivity contribution in [1.82, 2.24) is 4.98 Å². The van der Waals surface area contributed by atoms with E-state index in [1.807, 2.05) is 0 Å². The van der Waals surface area contributed by atoms with Gasteiger partial charge in [0.2, 0.25) is 0 Å². The van der Waals surface area contributed by atoms with Gasteiger partial charge in [-0.2, -0.15) is 0 Å². The number of ether oxygens (including phenoxy) is 1. The number of amides is 1. The van der Waals surface area contributed by atoms with Gasteiger partial charge in [0.25, 0.3) is 11.7 Å². The number of rotatable bonds is 5. The molecule has 0 bridgehead atoms. The van der Waals surface area contributed by atoms with Gasteiger partial charge in [0.15, 0.2) is 12.4 Å². The van der Waals surface area contributed by atoms with Gasteiger partial charge < -0.3 is 14.9 Å². The monoisotopic (exact) mass is 265 g/mol. The summed E-state index contributed by atoms with van der Waals surface area (Å²) < 4.78 is 5.23. The summed E-state index contributed by atoms with van der Waals surface area (Å²) >= 11 is 0. The van der Waals surface area contributed by atoms with Crippen molar-refractivity contribution in [3.8, 4) is 5.75 Å². The molecule has 1 amide bonds. The zero-order valence-electron chi connectivity index (χ0n) is 10.7. The second-order valence-corrected chi connectivity index (χ2v) is 4.29. The summed E-state index contributed by atoms with van der Waals surface area (Å²) in [5, 5.41) is 10.7. The lowest BCUT2D eigenvalue weighted by molar-refractivity contribution is -0.389. The molecule has 19 heavy (non-hydrogen) atoms. The molecule has 1 aromatic rings. The van der Waals surface area contributed by atoms with Crippen molar-refractivity contribution >= 4 is 17.5 Å². The summed E-state index contributed by atoms with van der Waals surface area (Å²) in [5.41, 5.74) is 0. The van der Waals surface area contributed by atoms with Crippen LogP contribution in [-0.4, -0.2) is 29.0 Å². The summed E-state index contributed by atoms with van der Waals surface area (Å²) in [6.07, 6.45) is 2.87. The standard InChI is InChI=1S/C12H15N3O4/c1-2-3-4-7-14-11(16)8-19-9-5-6-10(15(17)18)13-12(9)14/h5-6H,2-4,7-8H2,1H3. The molecule has 1 aliphatic rings. The number of nitro groups is 1. The van der Waals surface area contributed by atoms with Crippen molar-refractivity contribution in [2.45, 2.75) is 26.2 Å². The Balaban J connectivity index is 2.27. The average molecular weight is 265 g/mol. The number of hydrogen-bond acceptors (Lipinski definition) is 5. The van der Waals surface area contributed by atoms with Gasteiger partial charge in [-0.05, 0) is 22.4 Å². The average Bonchev–Trinajstić information content (AvgIpc) is 2.40. The van der Waals surface area contributed by atoms with Gasteiger partial charge in [-0.25, -0.2) is 0 Å². The Kier molecular flexibility index (Phi) is 3.94. The fraction of sp³-hybridized carbons (Fsp3) is 0.500. The first kappa shape index (κ1) is 13.3. The SMILES string of the molecule is CCCCCN1C(=O)COc2ccc([N+](=O)[O-])nc21. The summed E-state index contributed by atoms with van der Waals surface area (Å²) in [7, 11) is 0. The fourth-order valence-electron chi connectivity index (χ4n) is 1.92. The molecule has 0 radical (unpaired) electrons. The highest BCUT2D eigenvalue weighted by molar-refractivity contribution is 5.96. The molecule has 0 spiro atoms. The minimum Gasteiger partial charge on any atom is -0.477 e. The van der Waals surface area contributed by atoms with Crippen LogP contribution in [0.4, 0.5) is 11.6 Å². The van der Waals surface area contributed by atoms with Crippen molar-refractivity contribution < 1.29 is 14.5 Å². The third-order valence-electron chi connectivity index (χ3n) is 2.90. The molecule has 0 aliphatic carbocycles. The molecule has 2 heterocycles. The molecule has 7 nitrogen and oxygen atoms in total. The van der Waals surface area contributed by atoms with Crippen LogP contribution in [-0.2, 0) is 4.79 Å². The van der Waals surface area contributed by atoms with E-state index in [9.17, 15) is 14.9 Å². The number of anilines is 1. The Bertz CT molecular complexity index is 504. The normalized spacial score (nSPS) is 13.9. The minimum atomic E-state index is -0.580. The highest BCUT2D eigenvalue weighted by atomic mass is 16.6. The molecule has 1 aliphatic heterocycles. The van der Waals surface area contributed by atoms with Gasteiger partial charge in [0.1, 0.15) is 0 Å². The number of carbonyl (C=O) groups is 1. The molecule has 1 aromatic heterocycles. The number of carbonyl (C=O) groups excluding carboxylic acids is 1. The maximum atomic E-state index is 11.8. The Hall–Kier alpha value is -2.18. The Morgan fingerprint density at radius 1 is 1.47 bits per heavy atom. The van der Waals surface area contributed by atoms with E-state index in [2.05, 4.69) is 11.9 Å². The van der Waals surface area contributed by atoms with Crippen LogP contribution in [0.15, 0.2) is 12.1 Å². The van der Waals surface area contributed by atoms with Crippen molar-refractivity contribution in [3.63, 3.8) is 0 Å². The zero-order valence-corrected chi connectivity index (χ0v) is 10.7. The molecule has 0 saturated heterocycles. The second-order valence-electron chi connectivity index (χ2n) is 4.29. The third kappa shape index (κ3) is 2.81. The predicted molar refractivity (Wildman–Crippen MR) is 68.3 cm³/mol. The van der Waals surface area contributed by atoms with E-state index in [4.69, 9.17) is 4.74 Å². The van der Waals surface area contributed by atoms with Crippen LogP contribution in [0.5, 0.6) is 5.75 Å². The van der Waals surface area contributed by atoms with E-state index >= 15 is 0 Å². The molecule has 2 rings (SSSR count). The van der Waals surface area contributed by atoms with Crippen LogP contribution in [0.25, 0.3) is 0 Å². The summed E-state index contributed by atoms with van der Waals surface area (Å²) in [5.74, 6) is 0.178. The van der Waals surface area contributed by atoms with E-state index in [1.54, 1.807) is 0 Å². The quantitative estimate of drug-likeness (QED) is 0.461.